The molecule has 3 heterocycles. The van der Waals surface area contributed by atoms with Crippen LogP contribution in [0.1, 0.15) is 34.7 Å². The van der Waals surface area contributed by atoms with E-state index in [1.165, 1.54) is 18.4 Å². The van der Waals surface area contributed by atoms with Gasteiger partial charge in [-0.2, -0.15) is 0 Å². The van der Waals surface area contributed by atoms with E-state index < -0.39 is 15.6 Å². The van der Waals surface area contributed by atoms with E-state index in [0.29, 0.717) is 5.02 Å². The second-order valence-corrected chi connectivity index (χ2v) is 10.9. The van der Waals surface area contributed by atoms with Crippen LogP contribution in [0.3, 0.4) is 0 Å². The number of guanidine groups is 1. The van der Waals surface area contributed by atoms with E-state index in [-0.39, 0.29) is 17.6 Å². The van der Waals surface area contributed by atoms with Gasteiger partial charge in [0, 0.05) is 24.0 Å². The summed E-state index contributed by atoms with van der Waals surface area (Å²) in [6.07, 6.45) is 8.98. The number of nitrogens with two attached hydrogens (primary N) is 1. The van der Waals surface area contributed by atoms with Crippen molar-refractivity contribution in [2.75, 3.05) is 12.8 Å². The minimum Gasteiger partial charge on any atom is -0.369 e. The number of pyridine rings is 1. The first-order valence-electron chi connectivity index (χ1n) is 9.11. The molecule has 6 nitrogen and oxygen atoms in total. The van der Waals surface area contributed by atoms with Gasteiger partial charge in [-0.1, -0.05) is 35.9 Å². The van der Waals surface area contributed by atoms with Crippen LogP contribution in [0.4, 0.5) is 0 Å². The largest absolute Gasteiger partial charge is 0.369 e. The molecular weight excluding hydrogens is 428 g/mol. The van der Waals surface area contributed by atoms with Crippen molar-refractivity contribution >= 4 is 44.5 Å². The number of sulfonamides is 1. The topological polar surface area (TPSA) is 88.7 Å². The second kappa shape index (κ2) is 7.27. The van der Waals surface area contributed by atoms with Gasteiger partial charge in [0.05, 0.1) is 21.3 Å². The molecule has 0 fully saturated rings. The first-order chi connectivity index (χ1) is 13.7. The second-order valence-electron chi connectivity index (χ2n) is 7.37. The van der Waals surface area contributed by atoms with E-state index >= 15 is 0 Å². The van der Waals surface area contributed by atoms with Crippen LogP contribution in [-0.2, 0) is 15.6 Å². The van der Waals surface area contributed by atoms with E-state index in [1.54, 1.807) is 13.1 Å². The van der Waals surface area contributed by atoms with Crippen LogP contribution >= 0.6 is 22.9 Å². The molecule has 2 aromatic heterocycles. The van der Waals surface area contributed by atoms with Crippen LogP contribution in [-0.4, -0.2) is 36.5 Å². The summed E-state index contributed by atoms with van der Waals surface area (Å²) in [5, 5.41) is 0.525. The molecule has 2 aliphatic rings. The van der Waals surface area contributed by atoms with Gasteiger partial charge in [-0.3, -0.25) is 4.98 Å². The Balaban J connectivity index is 1.62. The lowest BCUT2D eigenvalue weighted by molar-refractivity contribution is 0.482. The summed E-state index contributed by atoms with van der Waals surface area (Å²) in [5.41, 5.74) is 6.91. The maximum atomic E-state index is 12.5. The molecule has 2 N–H and O–H groups in total. The Morgan fingerprint density at radius 3 is 2.79 bits per heavy atom. The summed E-state index contributed by atoms with van der Waals surface area (Å²) in [6, 6.07) is 7.77. The highest BCUT2D eigenvalue weighted by Gasteiger charge is 2.42. The summed E-state index contributed by atoms with van der Waals surface area (Å²) >= 11 is 8.03. The lowest BCUT2D eigenvalue weighted by atomic mass is 9.94. The van der Waals surface area contributed by atoms with Crippen LogP contribution in [0.15, 0.2) is 53.7 Å². The van der Waals surface area contributed by atoms with Gasteiger partial charge in [-0.15, -0.1) is 11.3 Å². The summed E-state index contributed by atoms with van der Waals surface area (Å²) < 4.78 is 26.0. The van der Waals surface area contributed by atoms with E-state index in [1.807, 2.05) is 24.3 Å². The first kappa shape index (κ1) is 20.1. The van der Waals surface area contributed by atoms with Crippen molar-refractivity contribution in [1.82, 2.24) is 9.29 Å². The number of hydrogen-bond donors (Lipinski definition) is 1. The minimum atomic E-state index is -3.54. The fraction of sp³-hybridized carbons (Fsp3) is 0.300. The Bertz CT molecular complexity index is 1140. The predicted octanol–water partition coefficient (Wildman–Crippen LogP) is 3.73. The third kappa shape index (κ3) is 3.72. The maximum Gasteiger partial charge on any atom is 0.239 e. The molecule has 4 rings (SSSR count). The molecule has 0 saturated carbocycles. The van der Waals surface area contributed by atoms with E-state index in [4.69, 9.17) is 17.3 Å². The molecule has 1 unspecified atom stereocenters. The van der Waals surface area contributed by atoms with Crippen LogP contribution in [0.2, 0.25) is 5.02 Å². The number of nitrogens with zero attached hydrogens (tertiary/aromatic N) is 3. The fourth-order valence-electron chi connectivity index (χ4n) is 3.56. The Labute approximate surface area is 179 Å². The highest BCUT2D eigenvalue weighted by Crippen LogP contribution is 2.44. The molecule has 0 aromatic carbocycles. The number of aliphatic imine (C=N–C) groups is 1. The number of allylic oxidation sites excluding steroid dienone is 4. The van der Waals surface area contributed by atoms with Gasteiger partial charge in [0.25, 0.3) is 0 Å². The standard InChI is InChI=1S/C20H21ClN4O2S2/c1-20(12-29(26,27)25(2)19(22)24-20)18-15(21)11-17(28-18)14-8-6-13(7-9-14)16-5-3-4-10-23-16/h3-8,10-11,14H,9,12H2,1-2H3,(H2,22,24)/t14?,20-/m0/s1. The number of rotatable bonds is 3. The van der Waals surface area contributed by atoms with Gasteiger partial charge in [0.1, 0.15) is 5.54 Å². The molecule has 0 amide bonds. The highest BCUT2D eigenvalue weighted by molar-refractivity contribution is 7.89. The zero-order valence-electron chi connectivity index (χ0n) is 16.0. The first-order valence-corrected chi connectivity index (χ1v) is 11.9. The number of aromatic nitrogens is 1. The lowest BCUT2D eigenvalue weighted by Crippen LogP contribution is -2.50. The quantitative estimate of drug-likeness (QED) is 0.774. The van der Waals surface area contributed by atoms with Gasteiger partial charge >= 0.3 is 0 Å². The van der Waals surface area contributed by atoms with Crippen molar-refractivity contribution in [2.45, 2.75) is 24.8 Å². The fourth-order valence-corrected chi connectivity index (χ4v) is 6.82. The molecule has 0 saturated heterocycles. The van der Waals surface area contributed by atoms with Crippen LogP contribution in [0.5, 0.6) is 0 Å². The molecule has 0 bridgehead atoms. The molecule has 9 heteroatoms. The SMILES string of the molecule is CN1C(N)=N[C@](C)(c2sc(C3C=CC(c4ccccn4)=CC3)cc2Cl)CS1(=O)=O. The predicted molar refractivity (Wildman–Crippen MR) is 119 cm³/mol. The van der Waals surface area contributed by atoms with Crippen LogP contribution in [0.25, 0.3) is 5.57 Å². The third-order valence-electron chi connectivity index (χ3n) is 5.19. The number of halogens is 1. The zero-order chi connectivity index (χ0) is 20.8. The summed E-state index contributed by atoms with van der Waals surface area (Å²) in [6.45, 7) is 1.77. The smallest absolute Gasteiger partial charge is 0.239 e. The average molecular weight is 449 g/mol. The van der Waals surface area contributed by atoms with E-state index in [0.717, 1.165) is 31.7 Å². The summed E-state index contributed by atoms with van der Waals surface area (Å²) in [4.78, 5) is 10.6. The Morgan fingerprint density at radius 1 is 1.38 bits per heavy atom. The van der Waals surface area contributed by atoms with Crippen molar-refractivity contribution in [3.8, 4) is 0 Å². The zero-order valence-corrected chi connectivity index (χ0v) is 18.4. The molecule has 0 spiro atoms. The normalized spacial score (nSPS) is 26.2. The highest BCUT2D eigenvalue weighted by atomic mass is 35.5. The molecule has 1 aliphatic carbocycles. The summed E-state index contributed by atoms with van der Waals surface area (Å²) in [7, 11) is -2.13. The molecule has 2 atom stereocenters. The third-order valence-corrected chi connectivity index (χ3v) is 9.06. The molecular formula is C20H21ClN4O2S2. The average Bonchev–Trinajstić information content (AvgIpc) is 3.09. The monoisotopic (exact) mass is 448 g/mol. The van der Waals surface area contributed by atoms with Crippen LogP contribution < -0.4 is 5.73 Å². The molecule has 29 heavy (non-hydrogen) atoms. The minimum absolute atomic E-state index is 0.0229. The van der Waals surface area contributed by atoms with E-state index in [2.05, 4.69) is 28.2 Å². The summed E-state index contributed by atoms with van der Waals surface area (Å²) in [5.74, 6) is -0.0158. The Kier molecular flexibility index (Phi) is 5.04. The molecule has 2 aromatic rings. The van der Waals surface area contributed by atoms with Crippen molar-refractivity contribution in [1.29, 1.82) is 0 Å². The van der Waals surface area contributed by atoms with Crippen molar-refractivity contribution < 1.29 is 8.42 Å². The Hall–Kier alpha value is -2.16. The van der Waals surface area contributed by atoms with Gasteiger partial charge in [-0.25, -0.2) is 17.7 Å². The Morgan fingerprint density at radius 2 is 2.17 bits per heavy atom. The van der Waals surface area contributed by atoms with Gasteiger partial charge in [-0.05, 0) is 37.1 Å². The maximum absolute atomic E-state index is 12.5. The van der Waals surface area contributed by atoms with Gasteiger partial charge in [0.2, 0.25) is 16.0 Å². The molecule has 1 aliphatic heterocycles. The van der Waals surface area contributed by atoms with Crippen molar-refractivity contribution in [3.05, 3.63) is 69.2 Å². The van der Waals surface area contributed by atoms with Gasteiger partial charge in [0.15, 0.2) is 0 Å². The van der Waals surface area contributed by atoms with Crippen molar-refractivity contribution in [3.63, 3.8) is 0 Å². The number of thiophene rings is 1. The van der Waals surface area contributed by atoms with E-state index in [9.17, 15) is 8.42 Å². The number of hydrogen-bond acceptors (Lipinski definition) is 6. The van der Waals surface area contributed by atoms with Crippen LogP contribution in [0, 0.1) is 0 Å². The van der Waals surface area contributed by atoms with Crippen molar-refractivity contribution in [2.24, 2.45) is 10.7 Å². The lowest BCUT2D eigenvalue weighted by Gasteiger charge is -2.33. The molecule has 0 radical (unpaired) electrons. The van der Waals surface area contributed by atoms with Gasteiger partial charge < -0.3 is 5.73 Å². The molecule has 152 valence electrons.